The molecule has 0 saturated carbocycles. The van der Waals surface area contributed by atoms with E-state index < -0.39 is 0 Å². The van der Waals surface area contributed by atoms with Gasteiger partial charge in [-0.2, -0.15) is 0 Å². The molecule has 0 saturated heterocycles. The SMILES string of the molecule is Cc1cc(C(N)=S)nc(NCc2ccccc2C)n1. The maximum atomic E-state index is 5.60. The number of benzene rings is 1. The molecule has 98 valence electrons. The van der Waals surface area contributed by atoms with Gasteiger partial charge in [0, 0.05) is 12.2 Å². The molecule has 0 amide bonds. The van der Waals surface area contributed by atoms with E-state index in [9.17, 15) is 0 Å². The van der Waals surface area contributed by atoms with Crippen LogP contribution < -0.4 is 11.1 Å². The molecule has 0 unspecified atom stereocenters. The van der Waals surface area contributed by atoms with Gasteiger partial charge < -0.3 is 11.1 Å². The molecule has 1 aromatic carbocycles. The van der Waals surface area contributed by atoms with Gasteiger partial charge in [-0.25, -0.2) is 9.97 Å². The van der Waals surface area contributed by atoms with Gasteiger partial charge in [0.15, 0.2) is 0 Å². The second-order valence-electron chi connectivity index (χ2n) is 4.36. The van der Waals surface area contributed by atoms with Gasteiger partial charge in [0.05, 0.1) is 0 Å². The van der Waals surface area contributed by atoms with Crippen molar-refractivity contribution >= 4 is 23.2 Å². The lowest BCUT2D eigenvalue weighted by Crippen LogP contribution is -2.14. The second kappa shape index (κ2) is 5.75. The van der Waals surface area contributed by atoms with Crippen LogP contribution >= 0.6 is 12.2 Å². The Balaban J connectivity index is 2.16. The van der Waals surface area contributed by atoms with Crippen molar-refractivity contribution in [3.8, 4) is 0 Å². The molecular weight excluding hydrogens is 256 g/mol. The summed E-state index contributed by atoms with van der Waals surface area (Å²) in [6.07, 6.45) is 0. The Kier molecular flexibility index (Phi) is 4.06. The van der Waals surface area contributed by atoms with Gasteiger partial charge in [-0.1, -0.05) is 36.5 Å². The first-order valence-electron chi connectivity index (χ1n) is 6.00. The third-order valence-corrected chi connectivity index (χ3v) is 3.01. The molecule has 0 bridgehead atoms. The molecule has 4 nitrogen and oxygen atoms in total. The zero-order chi connectivity index (χ0) is 13.8. The number of anilines is 1. The zero-order valence-corrected chi connectivity index (χ0v) is 11.8. The quantitative estimate of drug-likeness (QED) is 0.836. The minimum atomic E-state index is 0.282. The predicted octanol–water partition coefficient (Wildman–Crippen LogP) is 2.34. The van der Waals surface area contributed by atoms with Crippen molar-refractivity contribution in [1.29, 1.82) is 0 Å². The molecule has 2 rings (SSSR count). The molecule has 0 aliphatic carbocycles. The molecule has 2 aromatic rings. The van der Waals surface area contributed by atoms with Crippen LogP contribution in [0.3, 0.4) is 0 Å². The second-order valence-corrected chi connectivity index (χ2v) is 4.80. The average Bonchev–Trinajstić information content (AvgIpc) is 2.37. The van der Waals surface area contributed by atoms with E-state index in [4.69, 9.17) is 18.0 Å². The van der Waals surface area contributed by atoms with Gasteiger partial charge in [-0.05, 0) is 31.0 Å². The number of thiocarbonyl (C=S) groups is 1. The Morgan fingerprint density at radius 2 is 2.00 bits per heavy atom. The standard InChI is InChI=1S/C14H16N4S/c1-9-5-3-4-6-11(9)8-16-14-17-10(2)7-12(18-14)13(15)19/h3-7H,8H2,1-2H3,(H2,15,19)(H,16,17,18). The molecule has 0 aliphatic heterocycles. The number of hydrogen-bond donors (Lipinski definition) is 2. The highest BCUT2D eigenvalue weighted by atomic mass is 32.1. The van der Waals surface area contributed by atoms with E-state index in [0.717, 1.165) is 5.69 Å². The van der Waals surface area contributed by atoms with Gasteiger partial charge in [-0.3, -0.25) is 0 Å². The minimum absolute atomic E-state index is 0.282. The van der Waals surface area contributed by atoms with Crippen LogP contribution in [0.25, 0.3) is 0 Å². The third-order valence-electron chi connectivity index (χ3n) is 2.80. The maximum Gasteiger partial charge on any atom is 0.223 e. The Morgan fingerprint density at radius 3 is 2.68 bits per heavy atom. The Bertz CT molecular complexity index is 610. The molecule has 0 radical (unpaired) electrons. The summed E-state index contributed by atoms with van der Waals surface area (Å²) in [5.41, 5.74) is 9.47. The predicted molar refractivity (Wildman–Crippen MR) is 81.2 cm³/mol. The fraction of sp³-hybridized carbons (Fsp3) is 0.214. The van der Waals surface area contributed by atoms with E-state index in [0.29, 0.717) is 18.2 Å². The summed E-state index contributed by atoms with van der Waals surface area (Å²) in [7, 11) is 0. The van der Waals surface area contributed by atoms with Gasteiger partial charge in [0.1, 0.15) is 10.7 Å². The summed E-state index contributed by atoms with van der Waals surface area (Å²) in [6.45, 7) is 4.64. The van der Waals surface area contributed by atoms with Crippen LogP contribution in [0.4, 0.5) is 5.95 Å². The summed E-state index contributed by atoms with van der Waals surface area (Å²) < 4.78 is 0. The van der Waals surface area contributed by atoms with Crippen LogP contribution in [-0.2, 0) is 6.54 Å². The minimum Gasteiger partial charge on any atom is -0.388 e. The van der Waals surface area contributed by atoms with Crippen molar-refractivity contribution in [1.82, 2.24) is 9.97 Å². The van der Waals surface area contributed by atoms with E-state index in [1.54, 1.807) is 6.07 Å². The van der Waals surface area contributed by atoms with Crippen molar-refractivity contribution in [2.45, 2.75) is 20.4 Å². The number of aromatic nitrogens is 2. The van der Waals surface area contributed by atoms with E-state index in [1.807, 2.05) is 19.1 Å². The molecule has 0 aliphatic rings. The molecule has 0 fully saturated rings. The van der Waals surface area contributed by atoms with Crippen molar-refractivity contribution in [3.05, 3.63) is 52.8 Å². The van der Waals surface area contributed by atoms with E-state index in [2.05, 4.69) is 34.3 Å². The van der Waals surface area contributed by atoms with Crippen LogP contribution in [0.1, 0.15) is 22.5 Å². The number of nitrogens with one attached hydrogen (secondary N) is 1. The lowest BCUT2D eigenvalue weighted by Gasteiger charge is -2.09. The van der Waals surface area contributed by atoms with Crippen LogP contribution in [0.2, 0.25) is 0 Å². The number of hydrogen-bond acceptors (Lipinski definition) is 4. The van der Waals surface area contributed by atoms with Crippen molar-refractivity contribution < 1.29 is 0 Å². The largest absolute Gasteiger partial charge is 0.388 e. The molecule has 5 heteroatoms. The Morgan fingerprint density at radius 1 is 1.26 bits per heavy atom. The first kappa shape index (κ1) is 13.4. The van der Waals surface area contributed by atoms with Crippen LogP contribution in [-0.4, -0.2) is 15.0 Å². The smallest absolute Gasteiger partial charge is 0.223 e. The van der Waals surface area contributed by atoms with Crippen LogP contribution in [0, 0.1) is 13.8 Å². The lowest BCUT2D eigenvalue weighted by molar-refractivity contribution is 1.02. The molecule has 0 spiro atoms. The molecular formula is C14H16N4S. The molecule has 1 heterocycles. The van der Waals surface area contributed by atoms with Gasteiger partial charge in [0.2, 0.25) is 5.95 Å². The normalized spacial score (nSPS) is 10.2. The molecule has 19 heavy (non-hydrogen) atoms. The summed E-state index contributed by atoms with van der Waals surface area (Å²) >= 11 is 4.94. The van der Waals surface area contributed by atoms with Crippen molar-refractivity contribution in [3.63, 3.8) is 0 Å². The van der Waals surface area contributed by atoms with Crippen molar-refractivity contribution in [2.24, 2.45) is 5.73 Å². The molecule has 3 N–H and O–H groups in total. The van der Waals surface area contributed by atoms with Gasteiger partial charge in [0.25, 0.3) is 0 Å². The van der Waals surface area contributed by atoms with Crippen LogP contribution in [0.5, 0.6) is 0 Å². The molecule has 1 aromatic heterocycles. The number of aryl methyl sites for hydroxylation is 2. The van der Waals surface area contributed by atoms with E-state index >= 15 is 0 Å². The van der Waals surface area contributed by atoms with Gasteiger partial charge in [-0.15, -0.1) is 0 Å². The summed E-state index contributed by atoms with van der Waals surface area (Å²) in [5, 5.41) is 3.20. The average molecular weight is 272 g/mol. The number of nitrogens with zero attached hydrogens (tertiary/aromatic N) is 2. The monoisotopic (exact) mass is 272 g/mol. The number of rotatable bonds is 4. The fourth-order valence-corrected chi connectivity index (χ4v) is 1.86. The number of nitrogens with two attached hydrogens (primary N) is 1. The first-order chi connectivity index (χ1) is 9.06. The highest BCUT2D eigenvalue weighted by Crippen LogP contribution is 2.10. The third kappa shape index (κ3) is 3.48. The highest BCUT2D eigenvalue weighted by Gasteiger charge is 2.05. The topological polar surface area (TPSA) is 63.8 Å². The van der Waals surface area contributed by atoms with Gasteiger partial charge >= 0.3 is 0 Å². The zero-order valence-electron chi connectivity index (χ0n) is 11.0. The Hall–Kier alpha value is -2.01. The lowest BCUT2D eigenvalue weighted by atomic mass is 10.1. The first-order valence-corrected chi connectivity index (χ1v) is 6.41. The van der Waals surface area contributed by atoms with E-state index in [-0.39, 0.29) is 4.99 Å². The highest BCUT2D eigenvalue weighted by molar-refractivity contribution is 7.80. The summed E-state index contributed by atoms with van der Waals surface area (Å²) in [6, 6.07) is 9.97. The maximum absolute atomic E-state index is 5.60. The van der Waals surface area contributed by atoms with E-state index in [1.165, 1.54) is 11.1 Å². The fourth-order valence-electron chi connectivity index (χ4n) is 1.76. The van der Waals surface area contributed by atoms with Crippen LogP contribution in [0.15, 0.2) is 30.3 Å². The van der Waals surface area contributed by atoms with Crippen molar-refractivity contribution in [2.75, 3.05) is 5.32 Å². The Labute approximate surface area is 118 Å². The summed E-state index contributed by atoms with van der Waals surface area (Å²) in [5.74, 6) is 0.547. The molecule has 0 atom stereocenters. The summed E-state index contributed by atoms with van der Waals surface area (Å²) in [4.78, 5) is 8.89.